The Kier molecular flexibility index (Phi) is 6.91. The van der Waals surface area contributed by atoms with Gasteiger partial charge in [0.05, 0.1) is 24.1 Å². The molecule has 0 heterocycles. The SMILES string of the molecule is CCOC(=O)c1cccc(NC(=O)[C@@H](C)N(c2ccc(F)c(F)c2)S(C)(=O)=O)c1. The third-order valence-electron chi connectivity index (χ3n) is 3.89. The summed E-state index contributed by atoms with van der Waals surface area (Å²) in [6.45, 7) is 3.14. The molecule has 0 aliphatic rings. The van der Waals surface area contributed by atoms with Gasteiger partial charge in [0.25, 0.3) is 0 Å². The Labute approximate surface area is 167 Å². The summed E-state index contributed by atoms with van der Waals surface area (Å²) in [5, 5.41) is 2.51. The van der Waals surface area contributed by atoms with Crippen LogP contribution in [0.25, 0.3) is 0 Å². The number of hydrogen-bond donors (Lipinski definition) is 1. The lowest BCUT2D eigenvalue weighted by atomic mass is 10.2. The first-order valence-corrected chi connectivity index (χ1v) is 10.4. The number of esters is 1. The van der Waals surface area contributed by atoms with Gasteiger partial charge in [-0.3, -0.25) is 9.10 Å². The Morgan fingerprint density at radius 2 is 1.83 bits per heavy atom. The van der Waals surface area contributed by atoms with Crippen molar-refractivity contribution in [2.75, 3.05) is 22.5 Å². The van der Waals surface area contributed by atoms with E-state index in [4.69, 9.17) is 4.74 Å². The van der Waals surface area contributed by atoms with E-state index in [9.17, 15) is 26.8 Å². The monoisotopic (exact) mass is 426 g/mol. The molecule has 0 bridgehead atoms. The van der Waals surface area contributed by atoms with Crippen LogP contribution in [0.2, 0.25) is 0 Å². The zero-order valence-electron chi connectivity index (χ0n) is 16.0. The number of amides is 1. The van der Waals surface area contributed by atoms with Crippen LogP contribution in [0.5, 0.6) is 0 Å². The Hall–Kier alpha value is -3.01. The topological polar surface area (TPSA) is 92.8 Å². The number of ether oxygens (including phenoxy) is 1. The van der Waals surface area contributed by atoms with Gasteiger partial charge in [0.2, 0.25) is 15.9 Å². The summed E-state index contributed by atoms with van der Waals surface area (Å²) < 4.78 is 56.8. The Bertz CT molecular complexity index is 1030. The zero-order valence-corrected chi connectivity index (χ0v) is 16.8. The number of hydrogen-bond acceptors (Lipinski definition) is 5. The molecule has 1 atom stereocenters. The molecule has 7 nitrogen and oxygen atoms in total. The highest BCUT2D eigenvalue weighted by atomic mass is 32.2. The second kappa shape index (κ2) is 8.99. The van der Waals surface area contributed by atoms with Crippen molar-refractivity contribution < 1.29 is 31.5 Å². The third-order valence-corrected chi connectivity index (χ3v) is 5.13. The summed E-state index contributed by atoms with van der Waals surface area (Å²) in [5.41, 5.74) is 0.248. The first kappa shape index (κ1) is 22.3. The van der Waals surface area contributed by atoms with E-state index in [0.29, 0.717) is 10.4 Å². The predicted molar refractivity (Wildman–Crippen MR) is 104 cm³/mol. The molecular formula is C19H20F2N2O5S. The Balaban J connectivity index is 2.29. The number of rotatable bonds is 7. The second-order valence-electron chi connectivity index (χ2n) is 6.12. The molecule has 10 heteroatoms. The van der Waals surface area contributed by atoms with Crippen LogP contribution < -0.4 is 9.62 Å². The van der Waals surface area contributed by atoms with Gasteiger partial charge in [-0.05, 0) is 44.2 Å². The lowest BCUT2D eigenvalue weighted by Gasteiger charge is -2.28. The van der Waals surface area contributed by atoms with E-state index >= 15 is 0 Å². The van der Waals surface area contributed by atoms with Crippen molar-refractivity contribution in [3.05, 3.63) is 59.7 Å². The van der Waals surface area contributed by atoms with Crippen LogP contribution in [0.4, 0.5) is 20.2 Å². The fourth-order valence-corrected chi connectivity index (χ4v) is 3.78. The van der Waals surface area contributed by atoms with Crippen LogP contribution in [0, 0.1) is 11.6 Å². The molecule has 1 N–H and O–H groups in total. The summed E-state index contributed by atoms with van der Waals surface area (Å²) in [6, 6.07) is 7.15. The average Bonchev–Trinajstić information content (AvgIpc) is 2.64. The van der Waals surface area contributed by atoms with Crippen molar-refractivity contribution >= 4 is 33.3 Å². The first-order chi connectivity index (χ1) is 13.5. The van der Waals surface area contributed by atoms with Gasteiger partial charge in [0.1, 0.15) is 6.04 Å². The van der Waals surface area contributed by atoms with E-state index in [-0.39, 0.29) is 23.5 Å². The van der Waals surface area contributed by atoms with E-state index in [2.05, 4.69) is 5.32 Å². The molecule has 0 aliphatic carbocycles. The van der Waals surface area contributed by atoms with Crippen molar-refractivity contribution in [3.63, 3.8) is 0 Å². The molecule has 0 radical (unpaired) electrons. The molecular weight excluding hydrogens is 406 g/mol. The van der Waals surface area contributed by atoms with Crippen molar-refractivity contribution in [2.24, 2.45) is 0 Å². The Morgan fingerprint density at radius 1 is 1.14 bits per heavy atom. The highest BCUT2D eigenvalue weighted by molar-refractivity contribution is 7.92. The van der Waals surface area contributed by atoms with E-state index < -0.39 is 39.6 Å². The third kappa shape index (κ3) is 5.50. The summed E-state index contributed by atoms with van der Waals surface area (Å²) in [5.74, 6) is -3.70. The lowest BCUT2D eigenvalue weighted by molar-refractivity contribution is -0.116. The molecule has 0 saturated heterocycles. The number of nitrogens with zero attached hydrogens (tertiary/aromatic N) is 1. The van der Waals surface area contributed by atoms with Crippen molar-refractivity contribution in [1.29, 1.82) is 0 Å². The number of halogens is 2. The molecule has 0 saturated carbocycles. The maximum absolute atomic E-state index is 13.6. The highest BCUT2D eigenvalue weighted by Gasteiger charge is 2.30. The second-order valence-corrected chi connectivity index (χ2v) is 7.98. The van der Waals surface area contributed by atoms with E-state index in [1.165, 1.54) is 31.2 Å². The molecule has 2 aromatic carbocycles. The molecule has 29 heavy (non-hydrogen) atoms. The fourth-order valence-electron chi connectivity index (χ4n) is 2.62. The van der Waals surface area contributed by atoms with E-state index in [1.54, 1.807) is 6.92 Å². The number of sulfonamides is 1. The number of carbonyl (C=O) groups is 2. The van der Waals surface area contributed by atoms with Crippen molar-refractivity contribution in [3.8, 4) is 0 Å². The van der Waals surface area contributed by atoms with Crippen molar-refractivity contribution in [2.45, 2.75) is 19.9 Å². The maximum Gasteiger partial charge on any atom is 0.338 e. The molecule has 156 valence electrons. The normalized spacial score (nSPS) is 12.2. The Morgan fingerprint density at radius 3 is 2.41 bits per heavy atom. The van der Waals surface area contributed by atoms with Gasteiger partial charge < -0.3 is 10.1 Å². The van der Waals surface area contributed by atoms with Gasteiger partial charge >= 0.3 is 5.97 Å². The molecule has 2 aromatic rings. The van der Waals surface area contributed by atoms with Crippen LogP contribution in [0.3, 0.4) is 0 Å². The predicted octanol–water partition coefficient (Wildman–Crippen LogP) is 2.93. The molecule has 2 rings (SSSR count). The van der Waals surface area contributed by atoms with Crippen molar-refractivity contribution in [1.82, 2.24) is 0 Å². The number of carbonyl (C=O) groups excluding carboxylic acids is 2. The summed E-state index contributed by atoms with van der Waals surface area (Å²) in [6.07, 6.45) is 0.847. The van der Waals surface area contributed by atoms with Gasteiger partial charge in [-0.2, -0.15) is 0 Å². The average molecular weight is 426 g/mol. The molecule has 0 fully saturated rings. The minimum absolute atomic E-state index is 0.185. The number of nitrogens with one attached hydrogen (secondary N) is 1. The van der Waals surface area contributed by atoms with E-state index in [1.807, 2.05) is 0 Å². The standard InChI is InChI=1S/C19H20F2N2O5S/c1-4-28-19(25)13-6-5-7-14(10-13)22-18(24)12(2)23(29(3,26)27)15-8-9-16(20)17(21)11-15/h5-12H,4H2,1-3H3,(H,22,24)/t12-/m1/s1. The largest absolute Gasteiger partial charge is 0.462 e. The van der Waals surface area contributed by atoms with Crippen LogP contribution in [-0.4, -0.2) is 39.2 Å². The van der Waals surface area contributed by atoms with Gasteiger partial charge in [-0.25, -0.2) is 22.0 Å². The minimum atomic E-state index is -4.00. The fraction of sp³-hybridized carbons (Fsp3) is 0.263. The summed E-state index contributed by atoms with van der Waals surface area (Å²) in [7, 11) is -4.00. The highest BCUT2D eigenvalue weighted by Crippen LogP contribution is 2.24. The smallest absolute Gasteiger partial charge is 0.338 e. The number of benzene rings is 2. The molecule has 0 aliphatic heterocycles. The maximum atomic E-state index is 13.6. The number of anilines is 2. The van der Waals surface area contributed by atoms with E-state index in [0.717, 1.165) is 18.4 Å². The van der Waals surface area contributed by atoms with Crippen LogP contribution >= 0.6 is 0 Å². The van der Waals surface area contributed by atoms with Crippen LogP contribution in [0.15, 0.2) is 42.5 Å². The van der Waals surface area contributed by atoms with Gasteiger partial charge in [-0.1, -0.05) is 6.07 Å². The van der Waals surface area contributed by atoms with Crippen LogP contribution in [0.1, 0.15) is 24.2 Å². The van der Waals surface area contributed by atoms with Crippen LogP contribution in [-0.2, 0) is 19.6 Å². The molecule has 0 spiro atoms. The van der Waals surface area contributed by atoms with Gasteiger partial charge in [-0.15, -0.1) is 0 Å². The van der Waals surface area contributed by atoms with Gasteiger partial charge in [0, 0.05) is 11.8 Å². The first-order valence-electron chi connectivity index (χ1n) is 8.57. The minimum Gasteiger partial charge on any atom is -0.462 e. The van der Waals surface area contributed by atoms with Gasteiger partial charge in [0.15, 0.2) is 11.6 Å². The molecule has 1 amide bonds. The zero-order chi connectivity index (χ0) is 21.8. The summed E-state index contributed by atoms with van der Waals surface area (Å²) >= 11 is 0. The lowest BCUT2D eigenvalue weighted by Crippen LogP contribution is -2.45. The quantitative estimate of drug-likeness (QED) is 0.688. The summed E-state index contributed by atoms with van der Waals surface area (Å²) in [4.78, 5) is 24.4. The molecule has 0 unspecified atom stereocenters. The molecule has 0 aromatic heterocycles.